The Morgan fingerprint density at radius 1 is 1.16 bits per heavy atom. The third kappa shape index (κ3) is 3.89. The Labute approximate surface area is 189 Å². The van der Waals surface area contributed by atoms with E-state index >= 15 is 0 Å². The molecule has 162 valence electrons. The zero-order valence-corrected chi connectivity index (χ0v) is 18.4. The number of benzene rings is 1. The highest BCUT2D eigenvalue weighted by atomic mass is 79.9. The summed E-state index contributed by atoms with van der Waals surface area (Å²) in [6.45, 7) is 1.86. The van der Waals surface area contributed by atoms with Gasteiger partial charge in [-0.3, -0.25) is 4.98 Å². The lowest BCUT2D eigenvalue weighted by Crippen LogP contribution is -2.25. The van der Waals surface area contributed by atoms with Gasteiger partial charge in [0.15, 0.2) is 11.6 Å². The van der Waals surface area contributed by atoms with Gasteiger partial charge in [0.2, 0.25) is 0 Å². The average molecular weight is 502 g/mol. The van der Waals surface area contributed by atoms with Gasteiger partial charge in [-0.15, -0.1) is 0 Å². The second kappa shape index (κ2) is 8.20. The summed E-state index contributed by atoms with van der Waals surface area (Å²) in [5, 5.41) is 13.5. The van der Waals surface area contributed by atoms with Crippen LogP contribution in [-0.4, -0.2) is 31.8 Å². The molecule has 0 unspecified atom stereocenters. The van der Waals surface area contributed by atoms with E-state index in [9.17, 15) is 13.2 Å². The van der Waals surface area contributed by atoms with Crippen LogP contribution in [0.4, 0.5) is 18.9 Å². The molecule has 0 amide bonds. The molecular formula is C21H15BrF3N7. The zero-order valence-electron chi connectivity index (χ0n) is 16.8. The Bertz CT molecular complexity index is 1330. The average Bonchev–Trinajstić information content (AvgIpc) is 3.27. The van der Waals surface area contributed by atoms with E-state index in [1.54, 1.807) is 36.3 Å². The smallest absolute Gasteiger partial charge is 0.364 e. The number of nitriles is 1. The van der Waals surface area contributed by atoms with Gasteiger partial charge in [-0.25, -0.2) is 9.97 Å². The number of anilines is 1. The summed E-state index contributed by atoms with van der Waals surface area (Å²) in [6.07, 6.45) is -0.133. The number of aromatic nitrogens is 5. The summed E-state index contributed by atoms with van der Waals surface area (Å²) < 4.78 is 42.0. The maximum atomic E-state index is 13.4. The van der Waals surface area contributed by atoms with Gasteiger partial charge in [0, 0.05) is 35.0 Å². The molecule has 7 nitrogen and oxygen atoms in total. The van der Waals surface area contributed by atoms with E-state index in [0.717, 1.165) is 12.1 Å². The van der Waals surface area contributed by atoms with Crippen molar-refractivity contribution in [3.05, 3.63) is 70.5 Å². The minimum absolute atomic E-state index is 0.259. The molecule has 3 aromatic heterocycles. The van der Waals surface area contributed by atoms with Gasteiger partial charge < -0.3 is 4.90 Å². The Morgan fingerprint density at radius 3 is 2.59 bits per heavy atom. The van der Waals surface area contributed by atoms with Crippen LogP contribution in [0.1, 0.15) is 29.9 Å². The first-order valence-electron chi connectivity index (χ1n) is 9.35. The molecule has 0 aliphatic rings. The molecule has 0 aliphatic carbocycles. The molecule has 0 spiro atoms. The Balaban J connectivity index is 1.77. The van der Waals surface area contributed by atoms with Crippen LogP contribution in [0.15, 0.2) is 53.5 Å². The maximum absolute atomic E-state index is 13.4. The lowest BCUT2D eigenvalue weighted by atomic mass is 10.1. The minimum Gasteiger partial charge on any atom is -0.364 e. The number of nitrogens with zero attached hydrogens (tertiary/aromatic N) is 7. The largest absolute Gasteiger partial charge is 0.416 e. The number of rotatable bonds is 4. The highest BCUT2D eigenvalue weighted by molar-refractivity contribution is 9.10. The van der Waals surface area contributed by atoms with Gasteiger partial charge in [0.05, 0.1) is 22.7 Å². The fourth-order valence-electron chi connectivity index (χ4n) is 3.34. The molecule has 1 atom stereocenters. The van der Waals surface area contributed by atoms with Gasteiger partial charge in [0.1, 0.15) is 12.4 Å². The monoisotopic (exact) mass is 501 g/mol. The first-order chi connectivity index (χ1) is 15.2. The molecule has 1 aromatic carbocycles. The molecule has 4 rings (SSSR count). The van der Waals surface area contributed by atoms with Crippen molar-refractivity contribution in [1.82, 2.24) is 24.7 Å². The second-order valence-electron chi connectivity index (χ2n) is 7.02. The van der Waals surface area contributed by atoms with Gasteiger partial charge in [-0.1, -0.05) is 0 Å². The Hall–Kier alpha value is -3.52. The van der Waals surface area contributed by atoms with Gasteiger partial charge in [0.25, 0.3) is 0 Å². The maximum Gasteiger partial charge on any atom is 0.416 e. The van der Waals surface area contributed by atoms with Crippen LogP contribution in [0.25, 0.3) is 16.7 Å². The number of fused-ring (bicyclic) bond motifs is 1. The predicted octanol–water partition coefficient (Wildman–Crippen LogP) is 5.06. The fourth-order valence-corrected chi connectivity index (χ4v) is 3.90. The summed E-state index contributed by atoms with van der Waals surface area (Å²) in [5.74, 6) is 0.999. The molecule has 0 saturated heterocycles. The van der Waals surface area contributed by atoms with Crippen molar-refractivity contribution >= 4 is 32.5 Å². The van der Waals surface area contributed by atoms with Crippen LogP contribution in [0.3, 0.4) is 0 Å². The van der Waals surface area contributed by atoms with E-state index in [1.807, 2.05) is 13.0 Å². The highest BCUT2D eigenvalue weighted by Gasteiger charge is 2.32. The van der Waals surface area contributed by atoms with Crippen LogP contribution in [0.2, 0.25) is 0 Å². The van der Waals surface area contributed by atoms with Crippen molar-refractivity contribution in [2.75, 3.05) is 11.9 Å². The Kier molecular flexibility index (Phi) is 5.56. The van der Waals surface area contributed by atoms with Crippen LogP contribution in [-0.2, 0) is 6.18 Å². The second-order valence-corrected chi connectivity index (χ2v) is 7.87. The fraction of sp³-hybridized carbons (Fsp3) is 0.190. The zero-order chi connectivity index (χ0) is 23.0. The van der Waals surface area contributed by atoms with E-state index in [1.165, 1.54) is 17.2 Å². The quantitative estimate of drug-likeness (QED) is 0.388. The number of pyridine rings is 2. The number of alkyl halides is 3. The lowest BCUT2D eigenvalue weighted by molar-refractivity contribution is -0.137. The normalized spacial score (nSPS) is 12.5. The van der Waals surface area contributed by atoms with Gasteiger partial charge >= 0.3 is 6.18 Å². The van der Waals surface area contributed by atoms with E-state index in [4.69, 9.17) is 5.26 Å². The SMILES string of the molecule is C[C@@H](c1ncnn1-c1ccc(C#N)cn1)N(C)c1ccnc2c(Br)cc(C(F)(F)F)cc12. The highest BCUT2D eigenvalue weighted by Crippen LogP contribution is 2.39. The summed E-state index contributed by atoms with van der Waals surface area (Å²) in [5.41, 5.74) is 0.619. The van der Waals surface area contributed by atoms with Crippen LogP contribution >= 0.6 is 15.9 Å². The van der Waals surface area contributed by atoms with Crippen LogP contribution in [0.5, 0.6) is 0 Å². The number of hydrogen-bond donors (Lipinski definition) is 0. The van der Waals surface area contributed by atoms with E-state index < -0.39 is 11.7 Å². The Morgan fingerprint density at radius 2 is 1.94 bits per heavy atom. The van der Waals surface area contributed by atoms with Crippen molar-refractivity contribution in [3.8, 4) is 11.9 Å². The molecule has 3 heterocycles. The molecule has 0 bridgehead atoms. The third-order valence-corrected chi connectivity index (χ3v) is 5.71. The van der Waals surface area contributed by atoms with Crippen molar-refractivity contribution in [3.63, 3.8) is 0 Å². The third-order valence-electron chi connectivity index (χ3n) is 5.11. The van der Waals surface area contributed by atoms with Crippen molar-refractivity contribution < 1.29 is 13.2 Å². The summed E-state index contributed by atoms with van der Waals surface area (Å²) in [7, 11) is 1.76. The van der Waals surface area contributed by atoms with Crippen LogP contribution in [0, 0.1) is 11.3 Å². The molecular weight excluding hydrogens is 487 g/mol. The van der Waals surface area contributed by atoms with Gasteiger partial charge in [-0.05, 0) is 53.2 Å². The first kappa shape index (κ1) is 21.7. The van der Waals surface area contributed by atoms with E-state index in [2.05, 4.69) is 36.0 Å². The number of hydrogen-bond acceptors (Lipinski definition) is 6. The van der Waals surface area contributed by atoms with Crippen molar-refractivity contribution in [2.24, 2.45) is 0 Å². The molecule has 0 saturated carbocycles. The molecule has 11 heteroatoms. The minimum atomic E-state index is -4.49. The first-order valence-corrected chi connectivity index (χ1v) is 10.1. The topological polar surface area (TPSA) is 83.5 Å². The molecule has 4 aromatic rings. The van der Waals surface area contributed by atoms with E-state index in [-0.39, 0.29) is 10.5 Å². The summed E-state index contributed by atoms with van der Waals surface area (Å²) >= 11 is 3.21. The lowest BCUT2D eigenvalue weighted by Gasteiger charge is -2.28. The van der Waals surface area contributed by atoms with Gasteiger partial charge in [-0.2, -0.15) is 28.2 Å². The molecule has 0 aliphatic heterocycles. The summed E-state index contributed by atoms with van der Waals surface area (Å²) in [4.78, 5) is 14.6. The standard InChI is InChI=1S/C21H15BrF3N7/c1-12(20-29-11-30-32(20)18-4-3-13(9-26)10-28-18)31(2)17-5-6-27-19-15(17)7-14(8-16(19)22)21(23,24)25/h3-8,10-12H,1-2H3/t12-/m0/s1. The molecule has 0 fully saturated rings. The molecule has 0 N–H and O–H groups in total. The summed E-state index contributed by atoms with van der Waals surface area (Å²) in [6, 6.07) is 8.68. The molecule has 32 heavy (non-hydrogen) atoms. The number of halogens is 4. The van der Waals surface area contributed by atoms with Crippen molar-refractivity contribution in [1.29, 1.82) is 5.26 Å². The predicted molar refractivity (Wildman–Crippen MR) is 115 cm³/mol. The molecule has 0 radical (unpaired) electrons. The van der Waals surface area contributed by atoms with E-state index in [0.29, 0.717) is 33.8 Å². The van der Waals surface area contributed by atoms with Crippen LogP contribution < -0.4 is 4.90 Å². The van der Waals surface area contributed by atoms with Crippen molar-refractivity contribution in [2.45, 2.75) is 19.1 Å².